The lowest BCUT2D eigenvalue weighted by atomic mass is 10.1. The lowest BCUT2D eigenvalue weighted by molar-refractivity contribution is -0.122. The van der Waals surface area contributed by atoms with E-state index < -0.39 is 9.84 Å². The van der Waals surface area contributed by atoms with Gasteiger partial charge in [0.25, 0.3) is 0 Å². The average molecular weight is 312 g/mol. The Morgan fingerprint density at radius 3 is 2.62 bits per heavy atom. The van der Waals surface area contributed by atoms with Crippen LogP contribution in [0.1, 0.15) is 25.7 Å². The van der Waals surface area contributed by atoms with Gasteiger partial charge < -0.3 is 10.6 Å². The SMILES string of the molecule is O=C(Cn1cc(NC2CCS(=O)(=O)CC2)cn1)NC1CC1. The maximum absolute atomic E-state index is 11.7. The summed E-state index contributed by atoms with van der Waals surface area (Å²) in [6.07, 6.45) is 6.85. The summed E-state index contributed by atoms with van der Waals surface area (Å²) in [5.74, 6) is 0.460. The third-order valence-electron chi connectivity index (χ3n) is 3.81. The van der Waals surface area contributed by atoms with Crippen LogP contribution >= 0.6 is 0 Å². The van der Waals surface area contributed by atoms with E-state index in [0.717, 1.165) is 18.5 Å². The third kappa shape index (κ3) is 4.20. The zero-order chi connectivity index (χ0) is 14.9. The molecule has 2 fully saturated rings. The van der Waals surface area contributed by atoms with Gasteiger partial charge in [-0.15, -0.1) is 0 Å². The van der Waals surface area contributed by atoms with Gasteiger partial charge in [-0.3, -0.25) is 9.48 Å². The van der Waals surface area contributed by atoms with Crippen LogP contribution in [-0.2, 0) is 21.2 Å². The first-order valence-corrected chi connectivity index (χ1v) is 9.11. The maximum atomic E-state index is 11.7. The summed E-state index contributed by atoms with van der Waals surface area (Å²) >= 11 is 0. The van der Waals surface area contributed by atoms with E-state index in [2.05, 4.69) is 15.7 Å². The van der Waals surface area contributed by atoms with Gasteiger partial charge in [0.2, 0.25) is 5.91 Å². The van der Waals surface area contributed by atoms with Crippen LogP contribution in [0.4, 0.5) is 5.69 Å². The van der Waals surface area contributed by atoms with Crippen molar-refractivity contribution in [2.45, 2.75) is 44.3 Å². The average Bonchev–Trinajstić information content (AvgIpc) is 3.11. The summed E-state index contributed by atoms with van der Waals surface area (Å²) in [4.78, 5) is 11.7. The van der Waals surface area contributed by atoms with Gasteiger partial charge in [-0.1, -0.05) is 0 Å². The summed E-state index contributed by atoms with van der Waals surface area (Å²) in [6, 6.07) is 0.515. The Morgan fingerprint density at radius 2 is 1.95 bits per heavy atom. The number of carbonyl (C=O) groups is 1. The topological polar surface area (TPSA) is 93.1 Å². The molecular formula is C13H20N4O3S. The monoisotopic (exact) mass is 312 g/mol. The quantitative estimate of drug-likeness (QED) is 0.807. The third-order valence-corrected chi connectivity index (χ3v) is 5.52. The molecule has 2 heterocycles. The number of sulfone groups is 1. The number of nitrogens with zero attached hydrogens (tertiary/aromatic N) is 2. The Balaban J connectivity index is 1.49. The lowest BCUT2D eigenvalue weighted by Crippen LogP contribution is -2.32. The molecule has 1 aromatic rings. The first-order chi connectivity index (χ1) is 10.00. The van der Waals surface area contributed by atoms with Crippen molar-refractivity contribution in [2.24, 2.45) is 0 Å². The smallest absolute Gasteiger partial charge is 0.241 e. The Bertz CT molecular complexity index is 607. The van der Waals surface area contributed by atoms with Gasteiger partial charge >= 0.3 is 0 Å². The second-order valence-corrected chi connectivity index (χ2v) is 8.14. The zero-order valence-electron chi connectivity index (χ0n) is 11.8. The normalized spacial score (nSPS) is 21.9. The van der Waals surface area contributed by atoms with Crippen molar-refractivity contribution in [3.05, 3.63) is 12.4 Å². The molecule has 7 nitrogen and oxygen atoms in total. The van der Waals surface area contributed by atoms with E-state index in [4.69, 9.17) is 0 Å². The molecule has 116 valence electrons. The largest absolute Gasteiger partial charge is 0.380 e. The first kappa shape index (κ1) is 14.4. The molecule has 1 saturated heterocycles. The molecule has 0 radical (unpaired) electrons. The van der Waals surface area contributed by atoms with E-state index in [9.17, 15) is 13.2 Å². The Morgan fingerprint density at radius 1 is 1.24 bits per heavy atom. The van der Waals surface area contributed by atoms with Crippen molar-refractivity contribution in [1.29, 1.82) is 0 Å². The summed E-state index contributed by atoms with van der Waals surface area (Å²) in [5, 5.41) is 10.4. The summed E-state index contributed by atoms with van der Waals surface area (Å²) in [5.41, 5.74) is 0.832. The van der Waals surface area contributed by atoms with Crippen molar-refractivity contribution in [1.82, 2.24) is 15.1 Å². The fourth-order valence-corrected chi connectivity index (χ4v) is 3.93. The highest BCUT2D eigenvalue weighted by Crippen LogP contribution is 2.19. The maximum Gasteiger partial charge on any atom is 0.241 e. The van der Waals surface area contributed by atoms with Crippen molar-refractivity contribution < 1.29 is 13.2 Å². The molecule has 2 aliphatic rings. The van der Waals surface area contributed by atoms with Gasteiger partial charge in [0.05, 0.1) is 23.4 Å². The first-order valence-electron chi connectivity index (χ1n) is 7.29. The predicted octanol–water partition coefficient (Wildman–Crippen LogP) is 0.151. The van der Waals surface area contributed by atoms with Gasteiger partial charge in [0.1, 0.15) is 16.4 Å². The van der Waals surface area contributed by atoms with Crippen molar-refractivity contribution in [3.8, 4) is 0 Å². The van der Waals surface area contributed by atoms with Crippen LogP contribution in [0.3, 0.4) is 0 Å². The van der Waals surface area contributed by atoms with Gasteiger partial charge in [-0.2, -0.15) is 5.10 Å². The van der Waals surface area contributed by atoms with Crippen LogP contribution in [0.15, 0.2) is 12.4 Å². The molecule has 1 amide bonds. The number of carbonyl (C=O) groups excluding carboxylic acids is 1. The van der Waals surface area contributed by atoms with Gasteiger partial charge in [0.15, 0.2) is 0 Å². The molecule has 0 bridgehead atoms. The number of hydrogen-bond donors (Lipinski definition) is 2. The van der Waals surface area contributed by atoms with E-state index in [-0.39, 0.29) is 30.0 Å². The van der Waals surface area contributed by atoms with E-state index in [1.807, 2.05) is 0 Å². The highest BCUT2D eigenvalue weighted by molar-refractivity contribution is 7.91. The van der Waals surface area contributed by atoms with E-state index in [1.54, 1.807) is 17.1 Å². The minimum absolute atomic E-state index is 0.0177. The summed E-state index contributed by atoms with van der Waals surface area (Å²) in [6.45, 7) is 0.219. The van der Waals surface area contributed by atoms with Crippen LogP contribution in [0, 0.1) is 0 Å². The van der Waals surface area contributed by atoms with Gasteiger partial charge in [-0.05, 0) is 25.7 Å². The Labute approximate surface area is 124 Å². The fraction of sp³-hybridized carbons (Fsp3) is 0.692. The molecule has 1 saturated carbocycles. The van der Waals surface area contributed by atoms with Gasteiger partial charge in [-0.25, -0.2) is 8.42 Å². The molecule has 1 aromatic heterocycles. The van der Waals surface area contributed by atoms with Crippen molar-refractivity contribution >= 4 is 21.4 Å². The van der Waals surface area contributed by atoms with Crippen molar-refractivity contribution in [2.75, 3.05) is 16.8 Å². The number of anilines is 1. The molecule has 21 heavy (non-hydrogen) atoms. The van der Waals surface area contributed by atoms with Crippen LogP contribution in [0.2, 0.25) is 0 Å². The minimum atomic E-state index is -2.84. The number of aromatic nitrogens is 2. The molecular weight excluding hydrogens is 292 g/mol. The Kier molecular flexibility index (Phi) is 3.88. The van der Waals surface area contributed by atoms with E-state index >= 15 is 0 Å². The van der Waals surface area contributed by atoms with Gasteiger partial charge in [0, 0.05) is 18.3 Å². The predicted molar refractivity (Wildman–Crippen MR) is 78.7 cm³/mol. The van der Waals surface area contributed by atoms with Crippen LogP contribution < -0.4 is 10.6 Å². The summed E-state index contributed by atoms with van der Waals surface area (Å²) < 4.78 is 24.4. The second-order valence-electron chi connectivity index (χ2n) is 5.84. The highest BCUT2D eigenvalue weighted by Gasteiger charge is 2.24. The molecule has 2 N–H and O–H groups in total. The van der Waals surface area contributed by atoms with Crippen molar-refractivity contribution in [3.63, 3.8) is 0 Å². The fourth-order valence-electron chi connectivity index (χ4n) is 2.44. The molecule has 1 aliphatic heterocycles. The Hall–Kier alpha value is -1.57. The molecule has 3 rings (SSSR count). The van der Waals surface area contributed by atoms with E-state index in [0.29, 0.717) is 18.9 Å². The van der Waals surface area contributed by atoms with E-state index in [1.165, 1.54) is 0 Å². The lowest BCUT2D eigenvalue weighted by Gasteiger charge is -2.23. The highest BCUT2D eigenvalue weighted by atomic mass is 32.2. The zero-order valence-corrected chi connectivity index (χ0v) is 12.6. The number of rotatable bonds is 5. The standard InChI is InChI=1S/C13H20N4O3S/c18-13(16-10-1-2-10)9-17-8-12(7-14-17)15-11-3-5-21(19,20)6-4-11/h7-8,10-11,15H,1-6,9H2,(H,16,18). The molecule has 1 aliphatic carbocycles. The van der Waals surface area contributed by atoms with Crippen LogP contribution in [-0.4, -0.2) is 47.7 Å². The molecule has 0 spiro atoms. The number of amides is 1. The second kappa shape index (κ2) is 5.67. The van der Waals surface area contributed by atoms with Crippen LogP contribution in [0.25, 0.3) is 0 Å². The molecule has 8 heteroatoms. The summed E-state index contributed by atoms with van der Waals surface area (Å²) in [7, 11) is -2.84. The molecule has 0 unspecified atom stereocenters. The minimum Gasteiger partial charge on any atom is -0.380 e. The molecule has 0 atom stereocenters. The molecule has 0 aromatic carbocycles. The number of nitrogens with one attached hydrogen (secondary N) is 2. The number of hydrogen-bond acceptors (Lipinski definition) is 5. The van der Waals surface area contributed by atoms with Crippen LogP contribution in [0.5, 0.6) is 0 Å².